The number of carbonyl (C=O) groups is 1. The number of hydrogen-bond acceptors (Lipinski definition) is 4. The molecular formula is C12H14N2O2. The summed E-state index contributed by atoms with van der Waals surface area (Å²) in [5.41, 5.74) is 4.17. The van der Waals surface area contributed by atoms with E-state index in [1.165, 1.54) is 0 Å². The van der Waals surface area contributed by atoms with E-state index in [0.29, 0.717) is 12.1 Å². The lowest BCUT2D eigenvalue weighted by atomic mass is 10.1. The van der Waals surface area contributed by atoms with Crippen LogP contribution in [0.5, 0.6) is 0 Å². The van der Waals surface area contributed by atoms with Crippen LogP contribution in [0.15, 0.2) is 35.4 Å². The van der Waals surface area contributed by atoms with Gasteiger partial charge >= 0.3 is 5.97 Å². The molecule has 1 atom stereocenters. The van der Waals surface area contributed by atoms with Crippen LogP contribution in [-0.4, -0.2) is 17.8 Å². The van der Waals surface area contributed by atoms with Crippen molar-refractivity contribution in [3.05, 3.63) is 30.3 Å². The van der Waals surface area contributed by atoms with Crippen LogP contribution in [0.25, 0.3) is 0 Å². The second kappa shape index (κ2) is 4.79. The number of nitrogens with zero attached hydrogens (tertiary/aromatic N) is 1. The first-order chi connectivity index (χ1) is 7.75. The lowest BCUT2D eigenvalue weighted by molar-refractivity contribution is -0.141. The Balaban J connectivity index is 2.00. The average Bonchev–Trinajstić information content (AvgIpc) is 2.29. The van der Waals surface area contributed by atoms with Crippen molar-refractivity contribution in [2.75, 3.05) is 5.43 Å². The van der Waals surface area contributed by atoms with E-state index >= 15 is 0 Å². The minimum atomic E-state index is -0.317. The number of ether oxygens (including phenoxy) is 1. The number of hydrogen-bond donors (Lipinski definition) is 1. The first-order valence-corrected chi connectivity index (χ1v) is 5.34. The lowest BCUT2D eigenvalue weighted by Gasteiger charge is -2.19. The number of rotatable bonds is 2. The van der Waals surface area contributed by atoms with Gasteiger partial charge in [0, 0.05) is 6.42 Å². The van der Waals surface area contributed by atoms with Crippen LogP contribution in [0.2, 0.25) is 0 Å². The highest BCUT2D eigenvalue weighted by atomic mass is 16.5. The molecule has 0 amide bonds. The number of anilines is 1. The number of esters is 1. The molecule has 16 heavy (non-hydrogen) atoms. The number of nitrogens with one attached hydrogen (secondary N) is 1. The van der Waals surface area contributed by atoms with Crippen molar-refractivity contribution in [3.8, 4) is 0 Å². The fourth-order valence-corrected chi connectivity index (χ4v) is 1.50. The molecule has 0 aliphatic carbocycles. The van der Waals surface area contributed by atoms with Crippen LogP contribution < -0.4 is 5.43 Å². The van der Waals surface area contributed by atoms with Gasteiger partial charge in [0.15, 0.2) is 0 Å². The van der Waals surface area contributed by atoms with Gasteiger partial charge in [-0.15, -0.1) is 0 Å². The molecular weight excluding hydrogens is 204 g/mol. The van der Waals surface area contributed by atoms with Gasteiger partial charge < -0.3 is 4.74 Å². The molecule has 1 aliphatic rings. The highest BCUT2D eigenvalue weighted by molar-refractivity contribution is 6.37. The standard InChI is InChI=1S/C12H14N2O2/c1-9-7-8-11(12(15)16-9)14-13-10-5-3-2-4-6-10/h2-6,9,13H,7-8H2,1H3. The van der Waals surface area contributed by atoms with Gasteiger partial charge in [0.2, 0.25) is 0 Å². The maximum Gasteiger partial charge on any atom is 0.354 e. The summed E-state index contributed by atoms with van der Waals surface area (Å²) in [6.45, 7) is 1.89. The van der Waals surface area contributed by atoms with Crippen LogP contribution in [0.3, 0.4) is 0 Å². The Bertz CT molecular complexity index is 401. The Morgan fingerprint density at radius 3 is 2.81 bits per heavy atom. The van der Waals surface area contributed by atoms with Crippen molar-refractivity contribution in [1.29, 1.82) is 0 Å². The largest absolute Gasteiger partial charge is 0.458 e. The molecule has 1 saturated heterocycles. The molecule has 84 valence electrons. The molecule has 1 N–H and O–H groups in total. The van der Waals surface area contributed by atoms with Gasteiger partial charge in [-0.2, -0.15) is 5.10 Å². The number of hydrazone groups is 1. The van der Waals surface area contributed by atoms with Crippen molar-refractivity contribution in [3.63, 3.8) is 0 Å². The summed E-state index contributed by atoms with van der Waals surface area (Å²) >= 11 is 0. The predicted molar refractivity (Wildman–Crippen MR) is 62.3 cm³/mol. The van der Waals surface area contributed by atoms with Crippen LogP contribution in [-0.2, 0) is 9.53 Å². The quantitative estimate of drug-likeness (QED) is 0.611. The summed E-state index contributed by atoms with van der Waals surface area (Å²) in [5, 5.41) is 4.06. The van der Waals surface area contributed by atoms with Gasteiger partial charge in [0.05, 0.1) is 11.8 Å². The lowest BCUT2D eigenvalue weighted by Crippen LogP contribution is -2.30. The smallest absolute Gasteiger partial charge is 0.354 e. The topological polar surface area (TPSA) is 50.7 Å². The van der Waals surface area contributed by atoms with E-state index in [1.54, 1.807) is 0 Å². The van der Waals surface area contributed by atoms with Gasteiger partial charge in [-0.3, -0.25) is 5.43 Å². The van der Waals surface area contributed by atoms with E-state index in [0.717, 1.165) is 12.1 Å². The average molecular weight is 218 g/mol. The van der Waals surface area contributed by atoms with Gasteiger partial charge in [-0.25, -0.2) is 4.79 Å². The zero-order chi connectivity index (χ0) is 11.4. The Morgan fingerprint density at radius 1 is 1.38 bits per heavy atom. The van der Waals surface area contributed by atoms with Crippen molar-refractivity contribution < 1.29 is 9.53 Å². The molecule has 1 aliphatic heterocycles. The summed E-state index contributed by atoms with van der Waals surface area (Å²) in [7, 11) is 0. The monoisotopic (exact) mass is 218 g/mol. The highest BCUT2D eigenvalue weighted by Crippen LogP contribution is 2.12. The van der Waals surface area contributed by atoms with Crippen molar-refractivity contribution in [1.82, 2.24) is 0 Å². The molecule has 0 saturated carbocycles. The molecule has 0 spiro atoms. The van der Waals surface area contributed by atoms with Crippen LogP contribution in [0.1, 0.15) is 19.8 Å². The fourth-order valence-electron chi connectivity index (χ4n) is 1.50. The Labute approximate surface area is 94.3 Å². The minimum absolute atomic E-state index is 0.00294. The molecule has 1 aromatic carbocycles. The van der Waals surface area contributed by atoms with E-state index in [2.05, 4.69) is 10.5 Å². The fraction of sp³-hybridized carbons (Fsp3) is 0.333. The predicted octanol–water partition coefficient (Wildman–Crippen LogP) is 2.18. The number of para-hydroxylation sites is 1. The summed E-state index contributed by atoms with van der Waals surface area (Å²) in [6, 6.07) is 9.52. The zero-order valence-electron chi connectivity index (χ0n) is 9.14. The van der Waals surface area contributed by atoms with Crippen molar-refractivity contribution in [2.24, 2.45) is 5.10 Å². The number of cyclic esters (lactones) is 1. The van der Waals surface area contributed by atoms with E-state index in [-0.39, 0.29) is 12.1 Å². The molecule has 1 aromatic rings. The third kappa shape index (κ3) is 2.59. The maximum atomic E-state index is 11.4. The minimum Gasteiger partial charge on any atom is -0.458 e. The molecule has 2 rings (SSSR count). The SMILES string of the molecule is CC1CCC(=NNc2ccccc2)C(=O)O1. The Hall–Kier alpha value is -1.84. The second-order valence-corrected chi connectivity index (χ2v) is 3.79. The van der Waals surface area contributed by atoms with E-state index in [9.17, 15) is 4.79 Å². The highest BCUT2D eigenvalue weighted by Gasteiger charge is 2.23. The molecule has 4 nitrogen and oxygen atoms in total. The molecule has 0 aromatic heterocycles. The van der Waals surface area contributed by atoms with Gasteiger partial charge in [-0.05, 0) is 25.5 Å². The summed E-state index contributed by atoms with van der Waals surface area (Å²) in [4.78, 5) is 11.4. The molecule has 4 heteroatoms. The van der Waals surface area contributed by atoms with Gasteiger partial charge in [-0.1, -0.05) is 18.2 Å². The Morgan fingerprint density at radius 2 is 2.12 bits per heavy atom. The summed E-state index contributed by atoms with van der Waals surface area (Å²) < 4.78 is 5.08. The molecule has 1 heterocycles. The van der Waals surface area contributed by atoms with E-state index < -0.39 is 0 Å². The first kappa shape index (κ1) is 10.7. The van der Waals surface area contributed by atoms with Gasteiger partial charge in [0.1, 0.15) is 5.71 Å². The van der Waals surface area contributed by atoms with Crippen LogP contribution in [0.4, 0.5) is 5.69 Å². The first-order valence-electron chi connectivity index (χ1n) is 5.34. The number of benzene rings is 1. The van der Waals surface area contributed by atoms with E-state index in [1.807, 2.05) is 37.3 Å². The third-order valence-corrected chi connectivity index (χ3v) is 2.43. The second-order valence-electron chi connectivity index (χ2n) is 3.79. The molecule has 0 radical (unpaired) electrons. The molecule has 1 fully saturated rings. The number of carbonyl (C=O) groups excluding carboxylic acids is 1. The zero-order valence-corrected chi connectivity index (χ0v) is 9.14. The third-order valence-electron chi connectivity index (χ3n) is 2.43. The summed E-state index contributed by atoms with van der Waals surface area (Å²) in [5.74, 6) is -0.317. The summed E-state index contributed by atoms with van der Waals surface area (Å²) in [6.07, 6.45) is 1.50. The van der Waals surface area contributed by atoms with Crippen molar-refractivity contribution >= 4 is 17.4 Å². The maximum absolute atomic E-state index is 11.4. The molecule has 1 unspecified atom stereocenters. The Kier molecular flexibility index (Phi) is 3.19. The van der Waals surface area contributed by atoms with Crippen LogP contribution in [0, 0.1) is 0 Å². The van der Waals surface area contributed by atoms with Gasteiger partial charge in [0.25, 0.3) is 0 Å². The molecule has 0 bridgehead atoms. The van der Waals surface area contributed by atoms with Crippen LogP contribution >= 0.6 is 0 Å². The van der Waals surface area contributed by atoms with Crippen molar-refractivity contribution in [2.45, 2.75) is 25.9 Å². The van der Waals surface area contributed by atoms with E-state index in [4.69, 9.17) is 4.74 Å². The normalized spacial score (nSPS) is 22.9.